The van der Waals surface area contributed by atoms with Gasteiger partial charge in [0.1, 0.15) is 0 Å². The van der Waals surface area contributed by atoms with Crippen molar-refractivity contribution < 1.29 is 0 Å². The van der Waals surface area contributed by atoms with Crippen LogP contribution < -0.4 is 5.73 Å². The fraction of sp³-hybridized carbons (Fsp3) is 1.00. The lowest BCUT2D eigenvalue weighted by Crippen LogP contribution is -2.49. The Labute approximate surface area is 132 Å². The Morgan fingerprint density at radius 1 is 1.10 bits per heavy atom. The molecule has 2 heteroatoms. The molecule has 0 aromatic carbocycles. The molecule has 0 aromatic heterocycles. The lowest BCUT2D eigenvalue weighted by atomic mass is 9.65. The van der Waals surface area contributed by atoms with E-state index in [4.69, 9.17) is 5.73 Å². The number of hydrogen-bond acceptors (Lipinski definition) is 2. The molecule has 1 saturated carbocycles. The lowest BCUT2D eigenvalue weighted by Gasteiger charge is -2.47. The van der Waals surface area contributed by atoms with E-state index in [0.29, 0.717) is 5.41 Å². The van der Waals surface area contributed by atoms with Gasteiger partial charge in [-0.1, -0.05) is 34.1 Å². The summed E-state index contributed by atoms with van der Waals surface area (Å²) in [6, 6.07) is 0.755. The van der Waals surface area contributed by atoms with Gasteiger partial charge in [-0.15, -0.1) is 0 Å². The van der Waals surface area contributed by atoms with Crippen LogP contribution in [0.15, 0.2) is 0 Å². The van der Waals surface area contributed by atoms with Crippen molar-refractivity contribution in [1.82, 2.24) is 4.90 Å². The third-order valence-corrected chi connectivity index (χ3v) is 6.80. The summed E-state index contributed by atoms with van der Waals surface area (Å²) in [4.78, 5) is 2.82. The van der Waals surface area contributed by atoms with Crippen LogP contribution in [0, 0.1) is 23.2 Å². The van der Waals surface area contributed by atoms with Gasteiger partial charge in [0.05, 0.1) is 0 Å². The summed E-state index contributed by atoms with van der Waals surface area (Å²) < 4.78 is 0. The van der Waals surface area contributed by atoms with E-state index in [0.717, 1.165) is 30.3 Å². The Hall–Kier alpha value is -0.0800. The minimum atomic E-state index is 0.497. The van der Waals surface area contributed by atoms with Crippen molar-refractivity contribution in [1.29, 1.82) is 0 Å². The molecule has 2 nitrogen and oxygen atoms in total. The van der Waals surface area contributed by atoms with Crippen molar-refractivity contribution in [3.8, 4) is 0 Å². The zero-order chi connectivity index (χ0) is 15.5. The molecule has 0 bridgehead atoms. The second-order valence-corrected chi connectivity index (χ2v) is 8.49. The minimum Gasteiger partial charge on any atom is -0.330 e. The van der Waals surface area contributed by atoms with Crippen molar-refractivity contribution in [2.45, 2.75) is 78.7 Å². The standard InChI is InChI=1S/C19H38N2/c1-5-19(3,4)17-9-8-16(14-20)18(13-17)21-11-6-7-15(2)10-12-21/h15-18H,5-14,20H2,1-4H3. The highest BCUT2D eigenvalue weighted by Gasteiger charge is 2.39. The van der Waals surface area contributed by atoms with Crippen LogP contribution in [-0.4, -0.2) is 30.6 Å². The minimum absolute atomic E-state index is 0.497. The molecule has 4 atom stereocenters. The normalized spacial score (nSPS) is 36.4. The van der Waals surface area contributed by atoms with E-state index >= 15 is 0 Å². The molecule has 124 valence electrons. The maximum Gasteiger partial charge on any atom is 0.0138 e. The highest BCUT2D eigenvalue weighted by Crippen LogP contribution is 2.43. The molecule has 1 saturated heterocycles. The van der Waals surface area contributed by atoms with Crippen LogP contribution >= 0.6 is 0 Å². The molecule has 0 amide bonds. The number of hydrogen-bond donors (Lipinski definition) is 1. The Morgan fingerprint density at radius 2 is 1.86 bits per heavy atom. The van der Waals surface area contributed by atoms with Gasteiger partial charge in [-0.05, 0) is 81.3 Å². The first-order valence-electron chi connectivity index (χ1n) is 9.42. The first-order valence-corrected chi connectivity index (χ1v) is 9.42. The van der Waals surface area contributed by atoms with Crippen LogP contribution in [0.5, 0.6) is 0 Å². The summed E-state index contributed by atoms with van der Waals surface area (Å²) in [6.07, 6.45) is 9.61. The van der Waals surface area contributed by atoms with E-state index in [2.05, 4.69) is 32.6 Å². The largest absolute Gasteiger partial charge is 0.330 e. The van der Waals surface area contributed by atoms with Gasteiger partial charge in [-0.25, -0.2) is 0 Å². The summed E-state index contributed by atoms with van der Waals surface area (Å²) >= 11 is 0. The van der Waals surface area contributed by atoms with E-state index in [1.54, 1.807) is 0 Å². The molecule has 4 unspecified atom stereocenters. The molecular weight excluding hydrogens is 256 g/mol. The van der Waals surface area contributed by atoms with Gasteiger partial charge in [0.25, 0.3) is 0 Å². The van der Waals surface area contributed by atoms with Gasteiger partial charge < -0.3 is 10.6 Å². The Kier molecular flexibility index (Phi) is 6.14. The number of nitrogens with zero attached hydrogens (tertiary/aromatic N) is 1. The molecule has 2 aliphatic rings. The second-order valence-electron chi connectivity index (χ2n) is 8.49. The molecule has 1 aliphatic heterocycles. The van der Waals surface area contributed by atoms with Crippen molar-refractivity contribution in [3.05, 3.63) is 0 Å². The van der Waals surface area contributed by atoms with Gasteiger partial charge in [-0.2, -0.15) is 0 Å². The maximum absolute atomic E-state index is 6.13. The second kappa shape index (κ2) is 7.46. The monoisotopic (exact) mass is 294 g/mol. The molecule has 2 N–H and O–H groups in total. The molecule has 0 aromatic rings. The van der Waals surface area contributed by atoms with Crippen molar-refractivity contribution in [2.24, 2.45) is 28.9 Å². The van der Waals surface area contributed by atoms with Gasteiger partial charge in [0.15, 0.2) is 0 Å². The molecule has 21 heavy (non-hydrogen) atoms. The van der Waals surface area contributed by atoms with Crippen LogP contribution in [-0.2, 0) is 0 Å². The zero-order valence-corrected chi connectivity index (χ0v) is 14.9. The van der Waals surface area contributed by atoms with E-state index in [9.17, 15) is 0 Å². The summed E-state index contributed by atoms with van der Waals surface area (Å²) in [5.41, 5.74) is 6.62. The molecular formula is C19H38N2. The highest BCUT2D eigenvalue weighted by molar-refractivity contribution is 4.92. The predicted molar refractivity (Wildman–Crippen MR) is 92.3 cm³/mol. The van der Waals surface area contributed by atoms with Crippen LogP contribution in [0.1, 0.15) is 72.6 Å². The third-order valence-electron chi connectivity index (χ3n) is 6.80. The molecule has 1 heterocycles. The zero-order valence-electron chi connectivity index (χ0n) is 14.9. The Morgan fingerprint density at radius 3 is 2.52 bits per heavy atom. The number of rotatable bonds is 4. The summed E-state index contributed by atoms with van der Waals surface area (Å²) in [5.74, 6) is 2.54. The average Bonchev–Trinajstić information content (AvgIpc) is 2.71. The van der Waals surface area contributed by atoms with Gasteiger partial charge in [0, 0.05) is 6.04 Å². The van der Waals surface area contributed by atoms with Gasteiger partial charge in [-0.3, -0.25) is 0 Å². The number of likely N-dealkylation sites (tertiary alicyclic amines) is 1. The third kappa shape index (κ3) is 4.22. The lowest BCUT2D eigenvalue weighted by molar-refractivity contribution is 0.0387. The summed E-state index contributed by atoms with van der Waals surface area (Å²) in [7, 11) is 0. The van der Waals surface area contributed by atoms with E-state index in [1.165, 1.54) is 58.0 Å². The fourth-order valence-corrected chi connectivity index (χ4v) is 4.55. The van der Waals surface area contributed by atoms with Crippen LogP contribution in [0.3, 0.4) is 0 Å². The first kappa shape index (κ1) is 17.3. The maximum atomic E-state index is 6.13. The van der Waals surface area contributed by atoms with Crippen LogP contribution in [0.2, 0.25) is 0 Å². The van der Waals surface area contributed by atoms with Crippen molar-refractivity contribution >= 4 is 0 Å². The SMILES string of the molecule is CCC(C)(C)C1CCC(CN)C(N2CCCC(C)CC2)C1. The summed E-state index contributed by atoms with van der Waals surface area (Å²) in [5, 5.41) is 0. The Bertz CT molecular complexity index is 313. The highest BCUT2D eigenvalue weighted by atomic mass is 15.2. The summed E-state index contributed by atoms with van der Waals surface area (Å²) in [6.45, 7) is 13.2. The molecule has 0 spiro atoms. The average molecular weight is 295 g/mol. The van der Waals surface area contributed by atoms with Crippen LogP contribution in [0.25, 0.3) is 0 Å². The van der Waals surface area contributed by atoms with Crippen molar-refractivity contribution in [3.63, 3.8) is 0 Å². The quantitative estimate of drug-likeness (QED) is 0.838. The fourth-order valence-electron chi connectivity index (χ4n) is 4.55. The molecule has 1 aliphatic carbocycles. The van der Waals surface area contributed by atoms with Crippen molar-refractivity contribution in [2.75, 3.05) is 19.6 Å². The predicted octanol–water partition coefficient (Wildman–Crippen LogP) is 4.29. The number of nitrogens with two attached hydrogens (primary N) is 1. The topological polar surface area (TPSA) is 29.3 Å². The van der Waals surface area contributed by atoms with Gasteiger partial charge in [0.2, 0.25) is 0 Å². The molecule has 2 rings (SSSR count). The van der Waals surface area contributed by atoms with Crippen LogP contribution in [0.4, 0.5) is 0 Å². The Balaban J connectivity index is 2.05. The molecule has 0 radical (unpaired) electrons. The van der Waals surface area contributed by atoms with E-state index in [-0.39, 0.29) is 0 Å². The smallest absolute Gasteiger partial charge is 0.0138 e. The van der Waals surface area contributed by atoms with Gasteiger partial charge >= 0.3 is 0 Å². The van der Waals surface area contributed by atoms with E-state index < -0.39 is 0 Å². The molecule has 2 fully saturated rings. The first-order chi connectivity index (χ1) is 9.97. The van der Waals surface area contributed by atoms with E-state index in [1.807, 2.05) is 0 Å².